The number of nitrogens with one attached hydrogen (secondary N) is 1. The number of aliphatic carboxylic acids is 1. The number of Topliss-reactive ketones (excluding diaryl/α,β-unsaturated/α-hetero) is 2. The van der Waals surface area contributed by atoms with Crippen LogP contribution >= 0.6 is 35.3 Å². The molecule has 4 bridgehead atoms. The fourth-order valence-corrected chi connectivity index (χ4v) is 16.7. The number of ether oxygens (including phenoxy) is 4. The second kappa shape index (κ2) is 69.6. The van der Waals surface area contributed by atoms with Gasteiger partial charge in [0, 0.05) is 106 Å². The van der Waals surface area contributed by atoms with Crippen LogP contribution in [0.3, 0.4) is 0 Å². The first-order valence-corrected chi connectivity index (χ1v) is 50.3. The number of hydrogen-bond acceptors (Lipinski definition) is 28. The number of esters is 4. The quantitative estimate of drug-likeness (QED) is 0.00776. The van der Waals surface area contributed by atoms with Crippen LogP contribution in [0.4, 0.5) is 9.59 Å². The summed E-state index contributed by atoms with van der Waals surface area (Å²) in [6.07, 6.45) is 51.3. The number of aliphatic hydroxyl groups is 1. The molecule has 0 unspecified atom stereocenters. The van der Waals surface area contributed by atoms with Gasteiger partial charge in [-0.3, -0.25) is 28.6 Å². The molecule has 3 aromatic rings. The number of carboxylic acids is 1. The molecular weight excluding hydrogens is 1860 g/mol. The minimum atomic E-state index is -4.75. The monoisotopic (exact) mass is 2010 g/mol. The Labute approximate surface area is 839 Å². The van der Waals surface area contributed by atoms with Crippen LogP contribution < -0.4 is 52.7 Å². The number of rotatable bonds is 38. The van der Waals surface area contributed by atoms with Crippen molar-refractivity contribution in [3.63, 3.8) is 0 Å². The van der Waals surface area contributed by atoms with Crippen LogP contribution in [-0.4, -0.2) is 234 Å². The molecule has 8 N–H and O–H groups in total. The van der Waals surface area contributed by atoms with Crippen molar-refractivity contribution in [2.75, 3.05) is 72.8 Å². The fraction of sp³-hybridized carbons (Fsp3) is 0.731. The van der Waals surface area contributed by atoms with E-state index >= 15 is 0 Å². The molecule has 0 radical (unpaired) electrons. The van der Waals surface area contributed by atoms with E-state index < -0.39 is 57.6 Å². The number of carbonyl (C=O) groups is 10. The number of urea groups is 2. The number of allylic oxidation sites excluding steroid dienone is 1. The minimum Gasteiger partial charge on any atom is -1.00 e. The smallest absolute Gasteiger partial charge is 1.00 e. The van der Waals surface area contributed by atoms with Crippen LogP contribution in [0.2, 0.25) is 0 Å². The van der Waals surface area contributed by atoms with E-state index in [4.69, 9.17) is 80.3 Å². The molecule has 43 heteroatoms. The Morgan fingerprint density at radius 2 is 1.02 bits per heavy atom. The number of aliphatic hydroxyl groups excluding tert-OH is 1. The minimum absolute atomic E-state index is 0. The zero-order valence-corrected chi connectivity index (χ0v) is 82.7. The van der Waals surface area contributed by atoms with Gasteiger partial charge in [-0.25, -0.2) is 38.4 Å². The van der Waals surface area contributed by atoms with Crippen molar-refractivity contribution in [3.8, 4) is 0 Å². The van der Waals surface area contributed by atoms with Gasteiger partial charge in [0.2, 0.25) is 11.8 Å². The fourth-order valence-electron chi connectivity index (χ4n) is 15.7. The molecule has 1 aromatic carbocycles. The third-order valence-corrected chi connectivity index (χ3v) is 26.8. The van der Waals surface area contributed by atoms with Crippen LogP contribution in [-0.2, 0) is 89.9 Å². The maximum atomic E-state index is 12.4. The van der Waals surface area contributed by atoms with Gasteiger partial charge in [0.15, 0.2) is 17.4 Å². The average Bonchev–Trinajstić information content (AvgIpc) is 1.61. The molecule has 2 aromatic heterocycles. The van der Waals surface area contributed by atoms with Gasteiger partial charge < -0.3 is 66.4 Å². The van der Waals surface area contributed by atoms with E-state index in [0.717, 1.165) is 124 Å². The summed E-state index contributed by atoms with van der Waals surface area (Å²) in [7, 11) is -3.30. The summed E-state index contributed by atoms with van der Waals surface area (Å²) in [5, 5.41) is 30.9. The first kappa shape index (κ1) is 123. The van der Waals surface area contributed by atoms with Gasteiger partial charge in [-0.2, -0.15) is 18.5 Å². The van der Waals surface area contributed by atoms with Crippen molar-refractivity contribution in [1.29, 1.82) is 0 Å². The van der Waals surface area contributed by atoms with Gasteiger partial charge in [-0.1, -0.05) is 178 Å². The zero-order chi connectivity index (χ0) is 98.3. The Hall–Kier alpha value is -7.18. The number of nitrogens with zero attached hydrogens (tertiary/aromatic N) is 9. The second-order valence-electron chi connectivity index (χ2n) is 35.3. The van der Waals surface area contributed by atoms with Crippen molar-refractivity contribution in [3.05, 3.63) is 104 Å². The van der Waals surface area contributed by atoms with Gasteiger partial charge in [0.1, 0.15) is 36.5 Å². The predicted octanol–water partition coefficient (Wildman–Crippen LogP) is 9.28. The number of fused-ring (bicyclic) bond motifs is 4. The zero-order valence-electron chi connectivity index (χ0n) is 80.6. The molecule has 5 saturated heterocycles. The van der Waals surface area contributed by atoms with Crippen LogP contribution in [0.5, 0.6) is 0 Å². The molecule has 4 atom stereocenters. The average molecular weight is 2010 g/mol. The maximum absolute atomic E-state index is 12.4. The van der Waals surface area contributed by atoms with E-state index in [0.29, 0.717) is 120 Å². The molecule has 4 amide bonds. The molecule has 12 fully saturated rings. The van der Waals surface area contributed by atoms with Crippen molar-refractivity contribution in [1.82, 2.24) is 47.7 Å². The van der Waals surface area contributed by atoms with E-state index in [2.05, 4.69) is 35.9 Å². The Morgan fingerprint density at radius 3 is 1.43 bits per heavy atom. The summed E-state index contributed by atoms with van der Waals surface area (Å²) in [6, 6.07) is 7.01. The van der Waals surface area contributed by atoms with Gasteiger partial charge in [0.05, 0.1) is 52.1 Å². The normalized spacial score (nSPS) is 19.5. The van der Waals surface area contributed by atoms with Crippen LogP contribution in [0.15, 0.2) is 73.9 Å². The number of piperidine rings is 2. The van der Waals surface area contributed by atoms with Gasteiger partial charge in [-0.05, 0) is 177 Å². The number of carbonyl (C=O) groups excluding carboxylic acids is 9. The molecule has 5 aliphatic heterocycles. The Kier molecular flexibility index (Phi) is 63.0. The number of nitrogens with two attached hydrogens (primary N) is 2. The predicted molar refractivity (Wildman–Crippen MR) is 514 cm³/mol. The molecule has 7 heterocycles. The van der Waals surface area contributed by atoms with Crippen LogP contribution in [0.1, 0.15) is 302 Å². The number of methoxy groups -OCH3 is 1. The summed E-state index contributed by atoms with van der Waals surface area (Å²) in [6.45, 7) is 14.0. The molecule has 764 valence electrons. The molecule has 136 heavy (non-hydrogen) atoms. The SMILES string of the molecule is C=CC(=O)OCC.CCOC(=O)/C=C/CC1CCC1.CCOC(=O)CCCC1CCC1.COC(=O)CC1CCC1.NCC(=O)CCCC1CCC1.NCC(=O)CCCC1CCC1.O=C(O)[C@@H]1CC[C@@H]2CN1C(=O)N2OCc1ccccc1.O=C1N2C[C@@H](CC[C@H]2c2nnc(CCCC3CNC3)o2)N1OS(=O)(=O)O.O=CCC1CCC1.O=c1n(Cl)c(=O)n(Cl)c(=O)n1Cl.OCCC1CCC1.[AlH3].[H-].[Li+]. The van der Waals surface area contributed by atoms with E-state index in [1.807, 2.05) is 50.3 Å². The van der Waals surface area contributed by atoms with Crippen molar-refractivity contribution >= 4 is 123 Å². The number of hydrogen-bond donors (Lipinski definition) is 6. The van der Waals surface area contributed by atoms with E-state index in [1.165, 1.54) is 176 Å². The second-order valence-corrected chi connectivity index (χ2v) is 37.4. The van der Waals surface area contributed by atoms with Crippen molar-refractivity contribution in [2.45, 2.75) is 315 Å². The molecule has 12 aliphatic rings. The molecule has 0 spiro atoms. The van der Waals surface area contributed by atoms with E-state index in [9.17, 15) is 70.7 Å². The molecule has 7 aliphatic carbocycles. The molecule has 7 saturated carbocycles. The third kappa shape index (κ3) is 46.9. The third-order valence-electron chi connectivity index (χ3n) is 25.5. The standard InChI is InChI=1S/C14H21N5O6S.C14H16N2O4.C10H18O2.C10H16O2.2C9H17NO.C7H12O2.C6H12O.C6H10O.C5H8O2.C3Cl3N3O3.Al.Li.4H/c20-14-18-8-10(19(14)25-26(21,22)23)4-5-11(18)13-17-16-12(24-13)3-1-2-9-6-15-7-9;17-13(18)12-7-6-11-8-15(12)14(19)16(11)20-9-10-4-2-1-3-5-10;2*1-2-12-10(11)8-4-7-9-5-3-6-9;2*10-7-9(11)6-2-5-8-3-1-4-8;1-9-7(8)5-6-3-2-4-6;2*7-5-4-6-2-1-3-6;1-3-5(6)7-4-2;4-7-1(10)8(5)3(12)9(6)2(7)11;;;;;;/h9-11,15H,1-8H2,(H,21,22,23);1-5,11-12H,6-9H2,(H,17,18);9H,2-8H2,1H3;4,8-9H,2-3,5-7H2,1H3;2*8H,1-7,10H2;6H,2-5H2,1H3;6-7H,1-5H2;5-6H,1-4H2;3H,1,4H2,2H3;;;;;;;/q;;;;;;;;;;;;+1;;;;-1/b;;;8-4+;;;;;;;;;;;;;/t10-,11+;11-,12+;;;;;;;;;;;;;;;/m11.............../s1. The largest absolute Gasteiger partial charge is 1.00 e. The number of amides is 4. The van der Waals surface area contributed by atoms with E-state index in [1.54, 1.807) is 13.0 Å². The number of carboxylic acid groups (broad SMARTS) is 1. The van der Waals surface area contributed by atoms with E-state index in [-0.39, 0.29) is 117 Å². The van der Waals surface area contributed by atoms with Crippen LogP contribution in [0.25, 0.3) is 0 Å². The topological polar surface area (TPSA) is 503 Å². The van der Waals surface area contributed by atoms with Gasteiger partial charge in [0.25, 0.3) is 0 Å². The summed E-state index contributed by atoms with van der Waals surface area (Å²) in [5.74, 6) is 6.34. The van der Waals surface area contributed by atoms with Gasteiger partial charge in [-0.15, -0.1) is 26.7 Å². The summed E-state index contributed by atoms with van der Waals surface area (Å²) in [5.41, 5.74) is 7.86. The Morgan fingerprint density at radius 1 is 0.574 bits per heavy atom. The number of aryl methyl sites for hydroxylation is 1. The molecular formula is C93H151AlCl3LiN12O25S. The molecule has 37 nitrogen and oxygen atoms in total. The number of halogens is 3. The maximum Gasteiger partial charge on any atom is 1.00 e. The summed E-state index contributed by atoms with van der Waals surface area (Å²) in [4.78, 5) is 150. The van der Waals surface area contributed by atoms with Crippen molar-refractivity contribution < 1.29 is 124 Å². The summed E-state index contributed by atoms with van der Waals surface area (Å²) < 4.78 is 59.6. The summed E-state index contributed by atoms with van der Waals surface area (Å²) >= 11 is 15.3. The number of ketones is 2. The Bertz CT molecular complexity index is 4250. The first-order valence-electron chi connectivity index (χ1n) is 48.0. The number of hydroxylamine groups is 4. The van der Waals surface area contributed by atoms with Crippen LogP contribution in [0, 0.1) is 47.3 Å². The van der Waals surface area contributed by atoms with Gasteiger partial charge >= 0.3 is 88.2 Å². The van der Waals surface area contributed by atoms with Crippen molar-refractivity contribution in [2.24, 2.45) is 58.8 Å². The number of benzene rings is 1. The Balaban J connectivity index is 0.000000523. The first-order chi connectivity index (χ1) is 64.3. The number of aldehydes is 1. The number of aromatic nitrogens is 5. The molecule has 15 rings (SSSR count).